The van der Waals surface area contributed by atoms with Crippen LogP contribution in [0.25, 0.3) is 0 Å². The van der Waals surface area contributed by atoms with Crippen molar-refractivity contribution in [1.29, 1.82) is 0 Å². The quantitative estimate of drug-likeness (QED) is 0.818. The summed E-state index contributed by atoms with van der Waals surface area (Å²) in [6.07, 6.45) is 0. The zero-order valence-electron chi connectivity index (χ0n) is 13.0. The van der Waals surface area contributed by atoms with Gasteiger partial charge in [-0.15, -0.1) is 0 Å². The molecule has 1 aromatic heterocycles. The minimum Gasteiger partial charge on any atom is -0.492 e. The molecule has 23 heavy (non-hydrogen) atoms. The fourth-order valence-electron chi connectivity index (χ4n) is 1.93. The standard InChI is InChI=1S/C16H18FN3O3/c1-11-3-8-15(21)20(19-11)12(2)16(22)18-9-10-23-14-6-4-13(17)5-7-14/h3-8,12H,9-10H2,1-2H3,(H,18,22). The van der Waals surface area contributed by atoms with Crippen molar-refractivity contribution in [1.82, 2.24) is 15.1 Å². The fraction of sp³-hybridized carbons (Fsp3) is 0.312. The molecule has 0 radical (unpaired) electrons. The molecule has 0 saturated carbocycles. The number of nitrogens with zero attached hydrogens (tertiary/aromatic N) is 2. The number of halogens is 1. The van der Waals surface area contributed by atoms with Crippen LogP contribution >= 0.6 is 0 Å². The molecule has 0 fully saturated rings. The summed E-state index contributed by atoms with van der Waals surface area (Å²) in [7, 11) is 0. The van der Waals surface area contributed by atoms with E-state index in [0.717, 1.165) is 4.68 Å². The molecule has 2 rings (SSSR count). The van der Waals surface area contributed by atoms with Crippen molar-refractivity contribution in [2.24, 2.45) is 0 Å². The Morgan fingerprint density at radius 1 is 1.30 bits per heavy atom. The molecule has 6 nitrogen and oxygen atoms in total. The van der Waals surface area contributed by atoms with Gasteiger partial charge in [-0.2, -0.15) is 5.10 Å². The Kier molecular flexibility index (Phi) is 5.46. The molecule has 1 amide bonds. The Morgan fingerprint density at radius 3 is 2.70 bits per heavy atom. The van der Waals surface area contributed by atoms with Gasteiger partial charge < -0.3 is 10.1 Å². The van der Waals surface area contributed by atoms with E-state index in [2.05, 4.69) is 10.4 Å². The Hall–Kier alpha value is -2.70. The van der Waals surface area contributed by atoms with Crippen LogP contribution in [0.5, 0.6) is 5.75 Å². The predicted molar refractivity (Wildman–Crippen MR) is 82.8 cm³/mol. The summed E-state index contributed by atoms with van der Waals surface area (Å²) in [5.74, 6) is -0.145. The van der Waals surface area contributed by atoms with Crippen LogP contribution < -0.4 is 15.6 Å². The second-order valence-electron chi connectivity index (χ2n) is 5.03. The van der Waals surface area contributed by atoms with E-state index in [1.165, 1.54) is 30.3 Å². The molecule has 0 aliphatic carbocycles. The zero-order chi connectivity index (χ0) is 16.8. The van der Waals surface area contributed by atoms with Crippen molar-refractivity contribution in [3.05, 3.63) is 58.3 Å². The molecule has 0 aliphatic heterocycles. The van der Waals surface area contributed by atoms with Crippen molar-refractivity contribution in [3.63, 3.8) is 0 Å². The lowest BCUT2D eigenvalue weighted by Gasteiger charge is -2.14. The molecule has 1 unspecified atom stereocenters. The summed E-state index contributed by atoms with van der Waals surface area (Å²) in [6.45, 7) is 3.85. The molecule has 0 bridgehead atoms. The van der Waals surface area contributed by atoms with Gasteiger partial charge in [-0.3, -0.25) is 9.59 Å². The van der Waals surface area contributed by atoms with Crippen LogP contribution in [-0.2, 0) is 4.79 Å². The van der Waals surface area contributed by atoms with Gasteiger partial charge in [0.25, 0.3) is 5.56 Å². The second kappa shape index (κ2) is 7.53. The smallest absolute Gasteiger partial charge is 0.267 e. The van der Waals surface area contributed by atoms with Crippen molar-refractivity contribution >= 4 is 5.91 Å². The Labute approximate surface area is 132 Å². The number of carbonyl (C=O) groups excluding carboxylic acids is 1. The van der Waals surface area contributed by atoms with Gasteiger partial charge in [-0.1, -0.05) is 0 Å². The van der Waals surface area contributed by atoms with Crippen LogP contribution in [0.15, 0.2) is 41.2 Å². The SMILES string of the molecule is Cc1ccc(=O)n(C(C)C(=O)NCCOc2ccc(F)cc2)n1. The van der Waals surface area contributed by atoms with Crippen molar-refractivity contribution in [2.45, 2.75) is 19.9 Å². The van der Waals surface area contributed by atoms with Crippen molar-refractivity contribution in [2.75, 3.05) is 13.2 Å². The molecular weight excluding hydrogens is 301 g/mol. The van der Waals surface area contributed by atoms with Crippen molar-refractivity contribution in [3.8, 4) is 5.75 Å². The molecule has 0 saturated heterocycles. The van der Waals surface area contributed by atoms with Gasteiger partial charge in [0.2, 0.25) is 5.91 Å². The van der Waals surface area contributed by atoms with Gasteiger partial charge in [-0.05, 0) is 44.2 Å². The summed E-state index contributed by atoms with van der Waals surface area (Å²) < 4.78 is 19.3. The summed E-state index contributed by atoms with van der Waals surface area (Å²) in [5, 5.41) is 6.73. The van der Waals surface area contributed by atoms with Crippen LogP contribution in [0.4, 0.5) is 4.39 Å². The van der Waals surface area contributed by atoms with Gasteiger partial charge in [0.1, 0.15) is 24.2 Å². The second-order valence-corrected chi connectivity index (χ2v) is 5.03. The maximum absolute atomic E-state index is 12.7. The summed E-state index contributed by atoms with van der Waals surface area (Å²) >= 11 is 0. The van der Waals surface area contributed by atoms with E-state index in [0.29, 0.717) is 11.4 Å². The number of aromatic nitrogens is 2. The minimum absolute atomic E-state index is 0.236. The van der Waals surface area contributed by atoms with Gasteiger partial charge >= 0.3 is 0 Å². The van der Waals surface area contributed by atoms with Crippen LogP contribution in [0.2, 0.25) is 0 Å². The van der Waals surface area contributed by atoms with E-state index < -0.39 is 6.04 Å². The molecule has 0 spiro atoms. The normalized spacial score (nSPS) is 11.8. The maximum atomic E-state index is 12.7. The van der Waals surface area contributed by atoms with Crippen LogP contribution in [0.1, 0.15) is 18.7 Å². The first-order chi connectivity index (χ1) is 11.0. The zero-order valence-corrected chi connectivity index (χ0v) is 13.0. The molecule has 122 valence electrons. The lowest BCUT2D eigenvalue weighted by Crippen LogP contribution is -2.38. The average Bonchev–Trinajstić information content (AvgIpc) is 2.54. The summed E-state index contributed by atoms with van der Waals surface area (Å²) in [4.78, 5) is 23.8. The Morgan fingerprint density at radius 2 is 2.00 bits per heavy atom. The maximum Gasteiger partial charge on any atom is 0.267 e. The number of amides is 1. The lowest BCUT2D eigenvalue weighted by atomic mass is 10.3. The third kappa shape index (κ3) is 4.64. The summed E-state index contributed by atoms with van der Waals surface area (Å²) in [5.41, 5.74) is 0.324. The minimum atomic E-state index is -0.715. The number of carbonyl (C=O) groups is 1. The van der Waals surface area contributed by atoms with Crippen molar-refractivity contribution < 1.29 is 13.9 Å². The number of nitrogens with one attached hydrogen (secondary N) is 1. The third-order valence-corrected chi connectivity index (χ3v) is 3.19. The van der Waals surface area contributed by atoms with E-state index in [9.17, 15) is 14.0 Å². The van der Waals surface area contributed by atoms with E-state index in [1.807, 2.05) is 0 Å². The fourth-order valence-corrected chi connectivity index (χ4v) is 1.93. The van der Waals surface area contributed by atoms with Gasteiger partial charge in [0, 0.05) is 6.07 Å². The highest BCUT2D eigenvalue weighted by Gasteiger charge is 2.16. The number of rotatable bonds is 6. The molecule has 7 heteroatoms. The number of hydrogen-bond acceptors (Lipinski definition) is 4. The van der Waals surface area contributed by atoms with E-state index in [-0.39, 0.29) is 30.4 Å². The average molecular weight is 319 g/mol. The molecule has 0 aliphatic rings. The predicted octanol–water partition coefficient (Wildman–Crippen LogP) is 1.45. The van der Waals surface area contributed by atoms with Gasteiger partial charge in [0.15, 0.2) is 0 Å². The van der Waals surface area contributed by atoms with E-state index in [4.69, 9.17) is 4.74 Å². The highest BCUT2D eigenvalue weighted by Crippen LogP contribution is 2.10. The molecule has 1 aromatic carbocycles. The number of aryl methyl sites for hydroxylation is 1. The third-order valence-electron chi connectivity index (χ3n) is 3.19. The van der Waals surface area contributed by atoms with Crippen LogP contribution in [0, 0.1) is 12.7 Å². The molecule has 2 aromatic rings. The van der Waals surface area contributed by atoms with Gasteiger partial charge in [-0.25, -0.2) is 9.07 Å². The lowest BCUT2D eigenvalue weighted by molar-refractivity contribution is -0.124. The van der Waals surface area contributed by atoms with E-state index in [1.54, 1.807) is 19.9 Å². The molecule has 1 heterocycles. The topological polar surface area (TPSA) is 73.2 Å². The Bertz CT molecular complexity index is 728. The first-order valence-corrected chi connectivity index (χ1v) is 7.20. The van der Waals surface area contributed by atoms with Gasteiger partial charge in [0.05, 0.1) is 12.2 Å². The number of benzene rings is 1. The summed E-state index contributed by atoms with van der Waals surface area (Å²) in [6, 6.07) is 7.88. The van der Waals surface area contributed by atoms with Crippen LogP contribution in [0.3, 0.4) is 0 Å². The number of hydrogen-bond donors (Lipinski definition) is 1. The molecular formula is C16H18FN3O3. The highest BCUT2D eigenvalue weighted by atomic mass is 19.1. The monoisotopic (exact) mass is 319 g/mol. The largest absolute Gasteiger partial charge is 0.492 e. The first kappa shape index (κ1) is 16.7. The number of ether oxygens (including phenoxy) is 1. The molecule has 1 N–H and O–H groups in total. The van der Waals surface area contributed by atoms with E-state index >= 15 is 0 Å². The Balaban J connectivity index is 1.83. The highest BCUT2D eigenvalue weighted by molar-refractivity contribution is 5.79. The first-order valence-electron chi connectivity index (χ1n) is 7.20. The molecule has 1 atom stereocenters. The van der Waals surface area contributed by atoms with Crippen LogP contribution in [-0.4, -0.2) is 28.8 Å².